The molecule has 96 valence electrons. The summed E-state index contributed by atoms with van der Waals surface area (Å²) in [6.07, 6.45) is 0.864. The number of halogens is 2. The van der Waals surface area contributed by atoms with E-state index in [4.69, 9.17) is 0 Å². The van der Waals surface area contributed by atoms with Crippen molar-refractivity contribution in [2.24, 2.45) is 5.41 Å². The van der Waals surface area contributed by atoms with E-state index < -0.39 is 11.6 Å². The van der Waals surface area contributed by atoms with Gasteiger partial charge in [0.25, 0.3) is 0 Å². The Morgan fingerprint density at radius 3 is 2.06 bits per heavy atom. The van der Waals surface area contributed by atoms with Crippen molar-refractivity contribution in [3.8, 4) is 0 Å². The summed E-state index contributed by atoms with van der Waals surface area (Å²) in [7, 11) is 1.88. The fourth-order valence-electron chi connectivity index (χ4n) is 2.16. The van der Waals surface area contributed by atoms with Crippen molar-refractivity contribution >= 4 is 0 Å². The predicted molar refractivity (Wildman–Crippen MR) is 67.1 cm³/mol. The van der Waals surface area contributed by atoms with Gasteiger partial charge in [0, 0.05) is 6.07 Å². The van der Waals surface area contributed by atoms with Crippen molar-refractivity contribution in [3.05, 3.63) is 35.4 Å². The lowest BCUT2D eigenvalue weighted by Gasteiger charge is -2.31. The van der Waals surface area contributed by atoms with Crippen LogP contribution in [0.4, 0.5) is 8.78 Å². The molecule has 0 amide bonds. The van der Waals surface area contributed by atoms with Crippen LogP contribution in [0.1, 0.15) is 38.7 Å². The zero-order valence-corrected chi connectivity index (χ0v) is 11.0. The van der Waals surface area contributed by atoms with Crippen LogP contribution >= 0.6 is 0 Å². The number of hydrogen-bond donors (Lipinski definition) is 1. The Morgan fingerprint density at radius 2 is 1.65 bits per heavy atom. The highest BCUT2D eigenvalue weighted by atomic mass is 19.1. The average molecular weight is 241 g/mol. The van der Waals surface area contributed by atoms with Gasteiger partial charge in [-0.1, -0.05) is 20.8 Å². The number of benzene rings is 1. The highest BCUT2D eigenvalue weighted by Gasteiger charge is 2.26. The van der Waals surface area contributed by atoms with Gasteiger partial charge < -0.3 is 5.32 Å². The zero-order chi connectivity index (χ0) is 13.1. The summed E-state index contributed by atoms with van der Waals surface area (Å²) in [5.74, 6) is -0.863. The molecular formula is C14H21F2N. The van der Waals surface area contributed by atoms with Crippen LogP contribution in [0.5, 0.6) is 0 Å². The van der Waals surface area contributed by atoms with Crippen LogP contribution < -0.4 is 5.32 Å². The van der Waals surface area contributed by atoms with Gasteiger partial charge >= 0.3 is 0 Å². The van der Waals surface area contributed by atoms with Crippen LogP contribution in [0.15, 0.2) is 18.2 Å². The average Bonchev–Trinajstić information content (AvgIpc) is 2.14. The predicted octanol–water partition coefficient (Wildman–Crippen LogP) is 3.70. The summed E-state index contributed by atoms with van der Waals surface area (Å²) in [4.78, 5) is 0. The molecule has 0 aliphatic carbocycles. The van der Waals surface area contributed by atoms with Crippen molar-refractivity contribution < 1.29 is 8.78 Å². The van der Waals surface area contributed by atoms with E-state index in [-0.39, 0.29) is 11.3 Å². The summed E-state index contributed by atoms with van der Waals surface area (Å²) in [5, 5.41) is 3.08. The summed E-state index contributed by atoms with van der Waals surface area (Å²) in [6, 6.07) is 3.80. The summed E-state index contributed by atoms with van der Waals surface area (Å²) < 4.78 is 26.5. The highest BCUT2D eigenvalue weighted by molar-refractivity contribution is 5.23. The largest absolute Gasteiger partial charge is 0.320 e. The van der Waals surface area contributed by atoms with Crippen LogP contribution in [0.25, 0.3) is 0 Å². The third-order valence-corrected chi connectivity index (χ3v) is 3.02. The summed E-state index contributed by atoms with van der Waals surface area (Å²) in [5.41, 5.74) is 0.724. The second-order valence-electron chi connectivity index (χ2n) is 5.51. The maximum Gasteiger partial charge on any atom is 0.126 e. The van der Waals surface area contributed by atoms with Gasteiger partial charge in [-0.15, -0.1) is 0 Å². The van der Waals surface area contributed by atoms with E-state index in [9.17, 15) is 8.78 Å². The van der Waals surface area contributed by atoms with E-state index >= 15 is 0 Å². The molecule has 1 aromatic rings. The van der Waals surface area contributed by atoms with E-state index in [0.29, 0.717) is 0 Å². The van der Waals surface area contributed by atoms with Crippen molar-refractivity contribution in [2.75, 3.05) is 13.6 Å². The second kappa shape index (κ2) is 5.58. The number of nitrogens with one attached hydrogen (secondary N) is 1. The van der Waals surface area contributed by atoms with Gasteiger partial charge in [-0.2, -0.15) is 0 Å². The monoisotopic (exact) mass is 241 g/mol. The number of hydrogen-bond acceptors (Lipinski definition) is 1. The lowest BCUT2D eigenvalue weighted by Crippen LogP contribution is -2.23. The van der Waals surface area contributed by atoms with Crippen LogP contribution in [-0.2, 0) is 0 Å². The first-order chi connectivity index (χ1) is 7.84. The van der Waals surface area contributed by atoms with Crippen LogP contribution in [0, 0.1) is 17.0 Å². The van der Waals surface area contributed by atoms with Gasteiger partial charge in [0.2, 0.25) is 0 Å². The topological polar surface area (TPSA) is 12.0 Å². The molecule has 0 aliphatic rings. The van der Waals surface area contributed by atoms with E-state index in [1.54, 1.807) is 0 Å². The van der Waals surface area contributed by atoms with Crippen LogP contribution in [0.2, 0.25) is 0 Å². The molecule has 0 spiro atoms. The van der Waals surface area contributed by atoms with Crippen molar-refractivity contribution in [2.45, 2.75) is 33.1 Å². The van der Waals surface area contributed by atoms with Gasteiger partial charge in [-0.3, -0.25) is 0 Å². The van der Waals surface area contributed by atoms with E-state index in [2.05, 4.69) is 26.1 Å². The molecular weight excluding hydrogens is 220 g/mol. The Morgan fingerprint density at radius 1 is 1.12 bits per heavy atom. The molecule has 0 bridgehead atoms. The van der Waals surface area contributed by atoms with Gasteiger partial charge in [0.1, 0.15) is 11.6 Å². The first-order valence-corrected chi connectivity index (χ1v) is 5.95. The Hall–Kier alpha value is -0.960. The zero-order valence-electron chi connectivity index (χ0n) is 11.0. The SMILES string of the molecule is CNCCC(c1cc(F)cc(F)c1)C(C)(C)C. The molecule has 0 heterocycles. The minimum absolute atomic E-state index is 0.0168. The normalized spacial score (nSPS) is 13.8. The Kier molecular flexibility index (Phi) is 4.63. The lowest BCUT2D eigenvalue weighted by atomic mass is 9.74. The Balaban J connectivity index is 3.03. The third kappa shape index (κ3) is 4.08. The standard InChI is InChI=1S/C14H21F2N/c1-14(2,3)13(5-6-17-4)10-7-11(15)9-12(16)8-10/h7-9,13,17H,5-6H2,1-4H3. The molecule has 0 saturated heterocycles. The molecule has 1 nitrogen and oxygen atoms in total. The fourth-order valence-corrected chi connectivity index (χ4v) is 2.16. The molecule has 1 unspecified atom stereocenters. The van der Waals surface area contributed by atoms with Crippen molar-refractivity contribution in [1.82, 2.24) is 5.32 Å². The van der Waals surface area contributed by atoms with Crippen LogP contribution in [-0.4, -0.2) is 13.6 Å². The maximum absolute atomic E-state index is 13.2. The molecule has 0 saturated carbocycles. The molecule has 0 radical (unpaired) electrons. The minimum atomic E-state index is -0.501. The summed E-state index contributed by atoms with van der Waals surface area (Å²) >= 11 is 0. The molecule has 0 fully saturated rings. The molecule has 0 aliphatic heterocycles. The van der Waals surface area contributed by atoms with Gasteiger partial charge in [0.05, 0.1) is 0 Å². The van der Waals surface area contributed by atoms with Crippen molar-refractivity contribution in [3.63, 3.8) is 0 Å². The molecule has 1 aromatic carbocycles. The second-order valence-corrected chi connectivity index (χ2v) is 5.51. The molecule has 1 N–H and O–H groups in total. The van der Waals surface area contributed by atoms with E-state index in [1.807, 2.05) is 7.05 Å². The molecule has 17 heavy (non-hydrogen) atoms. The maximum atomic E-state index is 13.2. The summed E-state index contributed by atoms with van der Waals surface area (Å²) in [6.45, 7) is 7.11. The third-order valence-electron chi connectivity index (χ3n) is 3.02. The Bertz CT molecular complexity index is 349. The van der Waals surface area contributed by atoms with Gasteiger partial charge in [-0.25, -0.2) is 8.78 Å². The Labute approximate surface area is 102 Å². The van der Waals surface area contributed by atoms with E-state index in [1.165, 1.54) is 12.1 Å². The van der Waals surface area contributed by atoms with Crippen LogP contribution in [0.3, 0.4) is 0 Å². The molecule has 0 aromatic heterocycles. The van der Waals surface area contributed by atoms with Crippen molar-refractivity contribution in [1.29, 1.82) is 0 Å². The molecule has 3 heteroatoms. The molecule has 1 atom stereocenters. The first kappa shape index (κ1) is 14.1. The number of rotatable bonds is 4. The quantitative estimate of drug-likeness (QED) is 0.847. The van der Waals surface area contributed by atoms with Gasteiger partial charge in [0.15, 0.2) is 0 Å². The highest BCUT2D eigenvalue weighted by Crippen LogP contribution is 2.37. The fraction of sp³-hybridized carbons (Fsp3) is 0.571. The minimum Gasteiger partial charge on any atom is -0.320 e. The van der Waals surface area contributed by atoms with E-state index in [0.717, 1.165) is 24.6 Å². The smallest absolute Gasteiger partial charge is 0.126 e. The van der Waals surface area contributed by atoms with Gasteiger partial charge in [-0.05, 0) is 49.0 Å². The lowest BCUT2D eigenvalue weighted by molar-refractivity contribution is 0.302. The molecule has 1 rings (SSSR count). The first-order valence-electron chi connectivity index (χ1n) is 5.95.